The molecule has 0 saturated carbocycles. The van der Waals surface area contributed by atoms with E-state index in [1.54, 1.807) is 0 Å². The molecule has 8 nitrogen and oxygen atoms in total. The molecule has 3 N–H and O–H groups in total. The van der Waals surface area contributed by atoms with Crippen LogP contribution in [0.3, 0.4) is 0 Å². The van der Waals surface area contributed by atoms with E-state index in [9.17, 15) is 19.7 Å². The summed E-state index contributed by atoms with van der Waals surface area (Å²) in [6.45, 7) is 0. The maximum absolute atomic E-state index is 11.0. The van der Waals surface area contributed by atoms with E-state index in [2.05, 4.69) is 0 Å². The van der Waals surface area contributed by atoms with E-state index in [1.807, 2.05) is 0 Å². The molecule has 0 heterocycles. The first-order chi connectivity index (χ1) is 7.34. The Morgan fingerprint density at radius 2 is 1.81 bits per heavy atom. The van der Waals surface area contributed by atoms with E-state index in [0.717, 1.165) is 0 Å². The van der Waals surface area contributed by atoms with Crippen molar-refractivity contribution in [3.05, 3.63) is 27.8 Å². The van der Waals surface area contributed by atoms with Gasteiger partial charge in [0.05, 0.1) is 4.92 Å². The van der Waals surface area contributed by atoms with Crippen molar-refractivity contribution in [2.24, 2.45) is 0 Å². The number of carbonyl (C=O) groups excluding carboxylic acids is 1. The summed E-state index contributed by atoms with van der Waals surface area (Å²) in [5.41, 5.74) is -1.53. The molecular weight excluding hydrogens is 222 g/mol. The molecule has 0 saturated heterocycles. The van der Waals surface area contributed by atoms with Gasteiger partial charge in [0.1, 0.15) is 0 Å². The second kappa shape index (κ2) is 3.85. The monoisotopic (exact) mass is 227 g/mol. The number of benzene rings is 1. The minimum Gasteiger partial charge on any atom is -0.504 e. The maximum atomic E-state index is 11.0. The Bertz CT molecular complexity index is 493. The van der Waals surface area contributed by atoms with Crippen molar-refractivity contribution in [1.29, 1.82) is 0 Å². The molecule has 0 bridgehead atoms. The Labute approximate surface area is 87.5 Å². The van der Waals surface area contributed by atoms with Gasteiger partial charge >= 0.3 is 11.7 Å². The van der Waals surface area contributed by atoms with Gasteiger partial charge in [0, 0.05) is 11.6 Å². The molecule has 0 aliphatic rings. The van der Waals surface area contributed by atoms with Crippen LogP contribution < -0.4 is 0 Å². The smallest absolute Gasteiger partial charge is 0.377 e. The molecule has 84 valence electrons. The minimum absolute atomic E-state index is 0.575. The quantitative estimate of drug-likeness (QED) is 0.221. The highest BCUT2D eigenvalue weighted by Crippen LogP contribution is 2.36. The third kappa shape index (κ3) is 1.90. The number of aliphatic carboxylic acids is 1. The number of carboxylic acids is 1. The number of Topliss-reactive ketones (excluding diaryl/α,β-unsaturated/α-hetero) is 1. The Balaban J connectivity index is 3.40. The molecule has 0 atom stereocenters. The number of phenolic OH excluding ortho intramolecular Hbond substituents is 2. The summed E-state index contributed by atoms with van der Waals surface area (Å²) in [6, 6.07) is 1.21. The van der Waals surface area contributed by atoms with Crippen LogP contribution in [0.5, 0.6) is 11.5 Å². The van der Waals surface area contributed by atoms with Crippen molar-refractivity contribution in [1.82, 2.24) is 0 Å². The van der Waals surface area contributed by atoms with Crippen LogP contribution in [-0.4, -0.2) is 32.0 Å². The largest absolute Gasteiger partial charge is 0.504 e. The van der Waals surface area contributed by atoms with Gasteiger partial charge in [-0.1, -0.05) is 0 Å². The first kappa shape index (κ1) is 11.4. The van der Waals surface area contributed by atoms with Crippen LogP contribution >= 0.6 is 0 Å². The first-order valence-corrected chi connectivity index (χ1v) is 3.82. The molecule has 0 fully saturated rings. The number of aromatic hydroxyl groups is 2. The van der Waals surface area contributed by atoms with Gasteiger partial charge < -0.3 is 15.3 Å². The van der Waals surface area contributed by atoms with Gasteiger partial charge in [-0.25, -0.2) is 4.79 Å². The average Bonchev–Trinajstić information content (AvgIpc) is 2.20. The van der Waals surface area contributed by atoms with E-state index in [0.29, 0.717) is 12.1 Å². The third-order valence-corrected chi connectivity index (χ3v) is 1.72. The fraction of sp³-hybridized carbons (Fsp3) is 0. The van der Waals surface area contributed by atoms with Gasteiger partial charge in [0.2, 0.25) is 5.75 Å². The number of phenols is 2. The molecule has 1 aromatic carbocycles. The topological polar surface area (TPSA) is 138 Å². The molecule has 0 radical (unpaired) electrons. The lowest BCUT2D eigenvalue weighted by Gasteiger charge is -2.01. The Hall–Kier alpha value is -2.64. The fourth-order valence-corrected chi connectivity index (χ4v) is 0.998. The summed E-state index contributed by atoms with van der Waals surface area (Å²) in [5.74, 6) is -5.19. The average molecular weight is 227 g/mol. The van der Waals surface area contributed by atoms with Gasteiger partial charge in [-0.05, 0) is 6.07 Å². The maximum Gasteiger partial charge on any atom is 0.377 e. The lowest BCUT2D eigenvalue weighted by molar-refractivity contribution is -0.386. The summed E-state index contributed by atoms with van der Waals surface area (Å²) < 4.78 is 0. The molecule has 0 unspecified atom stereocenters. The van der Waals surface area contributed by atoms with Crippen molar-refractivity contribution in [3.63, 3.8) is 0 Å². The number of hydrogen-bond acceptors (Lipinski definition) is 6. The van der Waals surface area contributed by atoms with Crippen LogP contribution in [0.25, 0.3) is 0 Å². The van der Waals surface area contributed by atoms with Crippen molar-refractivity contribution in [2.75, 3.05) is 0 Å². The fourth-order valence-electron chi connectivity index (χ4n) is 0.998. The molecule has 0 aliphatic carbocycles. The highest BCUT2D eigenvalue weighted by atomic mass is 16.6. The third-order valence-electron chi connectivity index (χ3n) is 1.72. The van der Waals surface area contributed by atoms with E-state index in [4.69, 9.17) is 15.3 Å². The van der Waals surface area contributed by atoms with Crippen LogP contribution in [0.1, 0.15) is 10.4 Å². The summed E-state index contributed by atoms with van der Waals surface area (Å²) >= 11 is 0. The van der Waals surface area contributed by atoms with Crippen molar-refractivity contribution in [2.45, 2.75) is 0 Å². The van der Waals surface area contributed by atoms with Gasteiger partial charge in [-0.15, -0.1) is 0 Å². The van der Waals surface area contributed by atoms with E-state index < -0.39 is 39.4 Å². The number of hydrogen-bond donors (Lipinski definition) is 3. The Kier molecular flexibility index (Phi) is 2.75. The Morgan fingerprint density at radius 1 is 1.25 bits per heavy atom. The zero-order chi connectivity index (χ0) is 12.5. The van der Waals surface area contributed by atoms with Gasteiger partial charge in [-0.2, -0.15) is 0 Å². The van der Waals surface area contributed by atoms with Crippen LogP contribution in [0, 0.1) is 10.1 Å². The van der Waals surface area contributed by atoms with Gasteiger partial charge in [0.25, 0.3) is 5.78 Å². The van der Waals surface area contributed by atoms with Crippen LogP contribution in [-0.2, 0) is 4.79 Å². The highest BCUT2D eigenvalue weighted by Gasteiger charge is 2.24. The molecule has 8 heteroatoms. The van der Waals surface area contributed by atoms with E-state index in [-0.39, 0.29) is 0 Å². The summed E-state index contributed by atoms with van der Waals surface area (Å²) in [5, 5.41) is 36.9. The molecule has 1 aromatic rings. The molecule has 16 heavy (non-hydrogen) atoms. The standard InChI is InChI=1S/C8H5NO7/c10-5-2-3(6(11)8(13)14)1-4(7(5)12)9(15)16/h1-2,10,12H,(H,13,14). The van der Waals surface area contributed by atoms with Crippen molar-refractivity contribution in [3.8, 4) is 11.5 Å². The predicted molar refractivity (Wildman–Crippen MR) is 48.4 cm³/mol. The molecular formula is C8H5NO7. The van der Waals surface area contributed by atoms with Crippen LogP contribution in [0.2, 0.25) is 0 Å². The van der Waals surface area contributed by atoms with Gasteiger partial charge in [0.15, 0.2) is 5.75 Å². The lowest BCUT2D eigenvalue weighted by Crippen LogP contribution is -2.12. The minimum atomic E-state index is -1.82. The predicted octanol–water partition coefficient (Wildman–Crippen LogP) is 0.273. The second-order valence-corrected chi connectivity index (χ2v) is 2.75. The van der Waals surface area contributed by atoms with Gasteiger partial charge in [-0.3, -0.25) is 14.9 Å². The van der Waals surface area contributed by atoms with Crippen LogP contribution in [0.4, 0.5) is 5.69 Å². The number of ketones is 1. The normalized spacial score (nSPS) is 9.75. The summed E-state index contributed by atoms with van der Waals surface area (Å²) in [4.78, 5) is 30.6. The van der Waals surface area contributed by atoms with Crippen molar-refractivity contribution >= 4 is 17.4 Å². The number of nitrogens with zero attached hydrogens (tertiary/aromatic N) is 1. The second-order valence-electron chi connectivity index (χ2n) is 2.75. The first-order valence-electron chi connectivity index (χ1n) is 3.82. The molecule has 0 amide bonds. The van der Waals surface area contributed by atoms with E-state index >= 15 is 0 Å². The zero-order valence-electron chi connectivity index (χ0n) is 7.58. The Morgan fingerprint density at radius 3 is 2.25 bits per heavy atom. The lowest BCUT2D eigenvalue weighted by atomic mass is 10.1. The molecule has 1 rings (SSSR count). The SMILES string of the molecule is O=C(O)C(=O)c1cc(O)c(O)c([N+](=O)[O-])c1. The number of nitro benzene ring substituents is 1. The zero-order valence-corrected chi connectivity index (χ0v) is 7.58. The summed E-state index contributed by atoms with van der Waals surface area (Å²) in [6.07, 6.45) is 0. The van der Waals surface area contributed by atoms with E-state index in [1.165, 1.54) is 0 Å². The molecule has 0 aliphatic heterocycles. The van der Waals surface area contributed by atoms with Crippen LogP contribution in [0.15, 0.2) is 12.1 Å². The van der Waals surface area contributed by atoms with Crippen molar-refractivity contribution < 1.29 is 29.8 Å². The summed E-state index contributed by atoms with van der Waals surface area (Å²) in [7, 11) is 0. The number of rotatable bonds is 3. The number of nitro groups is 1. The molecule has 0 spiro atoms. The number of carbonyl (C=O) groups is 2. The highest BCUT2D eigenvalue weighted by molar-refractivity contribution is 6.40. The number of carboxylic acid groups (broad SMARTS) is 1. The molecule has 0 aromatic heterocycles.